The molecule has 0 radical (unpaired) electrons. The fourth-order valence-corrected chi connectivity index (χ4v) is 7.79. The molecule has 13 nitrogen and oxygen atoms in total. The van der Waals surface area contributed by atoms with Crippen molar-refractivity contribution in [3.63, 3.8) is 0 Å². The minimum absolute atomic E-state index is 0.00537. The Morgan fingerprint density at radius 3 is 2.72 bits per heavy atom. The molecule has 2 aliphatic rings. The lowest BCUT2D eigenvalue weighted by atomic mass is 10.1. The van der Waals surface area contributed by atoms with Crippen LogP contribution in [0.4, 0.5) is 10.2 Å². The minimum Gasteiger partial charge on any atom is -0.463 e. The summed E-state index contributed by atoms with van der Waals surface area (Å²) in [6.45, 7) is 4.11. The summed E-state index contributed by atoms with van der Waals surface area (Å²) >= 11 is 0. The van der Waals surface area contributed by atoms with E-state index in [0.29, 0.717) is 11.5 Å². The van der Waals surface area contributed by atoms with Crippen LogP contribution in [0, 0.1) is 5.92 Å². The van der Waals surface area contributed by atoms with E-state index in [2.05, 4.69) is 4.98 Å². The molecule has 0 spiro atoms. The summed E-state index contributed by atoms with van der Waals surface area (Å²) in [5, 5.41) is 7.55. The molecule has 1 fully saturated rings. The number of hydrogen-bond donors (Lipinski definition) is 2. The van der Waals surface area contributed by atoms with Gasteiger partial charge in [0.25, 0.3) is 0 Å². The molecule has 2 aliphatic heterocycles. The van der Waals surface area contributed by atoms with Crippen molar-refractivity contribution >= 4 is 30.2 Å². The first kappa shape index (κ1) is 29.0. The highest BCUT2D eigenvalue weighted by molar-refractivity contribution is 7.86. The summed E-state index contributed by atoms with van der Waals surface area (Å²) in [5.41, 5.74) is 4.52. The number of aromatic nitrogens is 2. The number of alkyl halides is 1. The number of aliphatic hydroxyl groups excluding tert-OH is 1. The van der Waals surface area contributed by atoms with Gasteiger partial charge in [0.05, 0.1) is 40.8 Å². The van der Waals surface area contributed by atoms with Gasteiger partial charge in [-0.1, -0.05) is 6.92 Å². The van der Waals surface area contributed by atoms with Crippen molar-refractivity contribution in [2.24, 2.45) is 5.92 Å². The van der Waals surface area contributed by atoms with Gasteiger partial charge in [-0.15, -0.1) is 0 Å². The Kier molecular flexibility index (Phi) is 8.64. The minimum atomic E-state index is -4.22. The Morgan fingerprint density at radius 1 is 1.31 bits per heavy atom. The molecule has 1 aromatic heterocycles. The van der Waals surface area contributed by atoms with Crippen LogP contribution in [0.3, 0.4) is 0 Å². The smallest absolute Gasteiger partial charge is 0.380 e. The van der Waals surface area contributed by atoms with Gasteiger partial charge >= 0.3 is 19.3 Å². The van der Waals surface area contributed by atoms with Crippen molar-refractivity contribution in [3.8, 4) is 17.2 Å². The summed E-state index contributed by atoms with van der Waals surface area (Å²) in [7, 11) is -6.42. The maximum atomic E-state index is 15.1. The number of carbonyl (C=O) groups is 1. The average molecular weight is 590 g/mol. The molecular weight excluding hydrogens is 560 g/mol. The number of halogens is 1. The van der Waals surface area contributed by atoms with Crippen LogP contribution in [0.15, 0.2) is 35.3 Å². The van der Waals surface area contributed by atoms with Gasteiger partial charge in [0.1, 0.15) is 23.0 Å². The lowest BCUT2D eigenvalue weighted by molar-refractivity contribution is -0.151. The lowest BCUT2D eigenvalue weighted by Crippen LogP contribution is -2.33. The maximum Gasteiger partial charge on any atom is 0.380 e. The van der Waals surface area contributed by atoms with E-state index in [1.165, 1.54) is 31.2 Å². The number of hydrogen-bond acceptors (Lipinski definition) is 12. The third kappa shape index (κ3) is 6.43. The van der Waals surface area contributed by atoms with Crippen molar-refractivity contribution in [2.75, 3.05) is 25.3 Å². The summed E-state index contributed by atoms with van der Waals surface area (Å²) in [4.78, 5) is 28.2. The molecule has 39 heavy (non-hydrogen) atoms. The Labute approximate surface area is 225 Å². The van der Waals surface area contributed by atoms with Crippen LogP contribution in [0.5, 0.6) is 17.2 Å². The Morgan fingerprint density at radius 2 is 2.03 bits per heavy atom. The first-order valence-electron chi connectivity index (χ1n) is 12.0. The Hall–Kier alpha value is -3.00. The fourth-order valence-electron chi connectivity index (χ4n) is 4.02. The second-order valence-electron chi connectivity index (χ2n) is 9.32. The number of carbonyl (C=O) groups excluding carboxylic acids is 1. The standard InChI is InChI=1S/C23H29FN3O10PS/c1-12(2)36-22(29)13(3)10-38(31,37-14-4-5-15-16(8-14)34-11-33-15)35-9-17-20(28)19(24)21(39(17)32)27-7-6-18(25)26-23(27)30/h4-8,12-13,17,19-21,28H,9-11H2,1-3H3,(H2,25,26,30)/t13-,17?,19+,20-,21-,38?,39?/m1/s1. The van der Waals surface area contributed by atoms with E-state index >= 15 is 4.39 Å². The van der Waals surface area contributed by atoms with E-state index < -0.39 is 77.7 Å². The van der Waals surface area contributed by atoms with E-state index in [0.717, 1.165) is 10.8 Å². The second-order valence-corrected chi connectivity index (χ2v) is 13.1. The van der Waals surface area contributed by atoms with Crippen LogP contribution >= 0.6 is 7.60 Å². The molecule has 3 heterocycles. The number of nitrogen functional groups attached to an aromatic ring is 1. The second kappa shape index (κ2) is 11.6. The van der Waals surface area contributed by atoms with Gasteiger partial charge in [-0.25, -0.2) is 13.8 Å². The first-order valence-corrected chi connectivity index (χ1v) is 15.0. The molecule has 2 aromatic rings. The third-order valence-electron chi connectivity index (χ3n) is 5.92. The van der Waals surface area contributed by atoms with Gasteiger partial charge in [-0.2, -0.15) is 4.98 Å². The zero-order valence-electron chi connectivity index (χ0n) is 21.3. The summed E-state index contributed by atoms with van der Waals surface area (Å²) < 4.78 is 70.0. The molecule has 0 amide bonds. The number of fused-ring (bicyclic) bond motifs is 1. The van der Waals surface area contributed by atoms with E-state index in [-0.39, 0.29) is 18.4 Å². The topological polar surface area (TPSA) is 178 Å². The van der Waals surface area contributed by atoms with Gasteiger partial charge in [-0.05, 0) is 32.0 Å². The van der Waals surface area contributed by atoms with Gasteiger partial charge in [-0.3, -0.25) is 18.1 Å². The monoisotopic (exact) mass is 589 g/mol. The average Bonchev–Trinajstić information content (AvgIpc) is 3.40. The van der Waals surface area contributed by atoms with Crippen LogP contribution in [-0.4, -0.2) is 68.0 Å². The largest absolute Gasteiger partial charge is 0.463 e. The molecule has 0 aliphatic carbocycles. The Bertz CT molecular complexity index is 1360. The number of rotatable bonds is 10. The number of esters is 1. The van der Waals surface area contributed by atoms with E-state index in [9.17, 15) is 23.5 Å². The molecule has 16 heteroatoms. The highest BCUT2D eigenvalue weighted by Crippen LogP contribution is 2.52. The lowest BCUT2D eigenvalue weighted by Gasteiger charge is -2.24. The van der Waals surface area contributed by atoms with Gasteiger partial charge < -0.3 is 29.6 Å². The summed E-state index contributed by atoms with van der Waals surface area (Å²) in [6, 6.07) is 5.64. The molecule has 0 bridgehead atoms. The molecule has 4 rings (SSSR count). The van der Waals surface area contributed by atoms with Gasteiger partial charge in [0.2, 0.25) is 6.79 Å². The number of nitrogens with zero attached hydrogens (tertiary/aromatic N) is 2. The molecule has 7 atom stereocenters. The predicted octanol–water partition coefficient (Wildman–Crippen LogP) is 1.76. The third-order valence-corrected chi connectivity index (χ3v) is 9.92. The van der Waals surface area contributed by atoms with E-state index in [4.69, 9.17) is 29.0 Å². The van der Waals surface area contributed by atoms with E-state index in [1.807, 2.05) is 0 Å². The number of anilines is 1. The highest BCUT2D eigenvalue weighted by atomic mass is 32.2. The van der Waals surface area contributed by atoms with Crippen LogP contribution in [0.1, 0.15) is 26.1 Å². The van der Waals surface area contributed by atoms with Crippen molar-refractivity contribution in [1.82, 2.24) is 9.55 Å². The first-order chi connectivity index (χ1) is 18.4. The number of ether oxygens (including phenoxy) is 3. The fraction of sp³-hybridized carbons (Fsp3) is 0.522. The van der Waals surface area contributed by atoms with E-state index in [1.54, 1.807) is 13.8 Å². The SMILES string of the molecule is CC(C)OC(=O)[C@H](C)CP(=O)(OCC1[C@@H](O)[C@H](F)[C@H](n2ccc(N)nc2=O)S1=O)Oc1ccc2c(c1)OCO2. The molecule has 214 valence electrons. The van der Waals surface area contributed by atoms with Gasteiger partial charge in [0.15, 0.2) is 17.7 Å². The maximum absolute atomic E-state index is 15.1. The van der Waals surface area contributed by atoms with Crippen LogP contribution in [-0.2, 0) is 29.4 Å². The van der Waals surface area contributed by atoms with Crippen LogP contribution in [0.2, 0.25) is 0 Å². The summed E-state index contributed by atoms with van der Waals surface area (Å²) in [5.74, 6) is -0.837. The zero-order valence-corrected chi connectivity index (χ0v) is 23.0. The predicted molar refractivity (Wildman–Crippen MR) is 137 cm³/mol. The van der Waals surface area contributed by atoms with Crippen molar-refractivity contribution < 1.29 is 46.3 Å². The molecule has 3 unspecified atom stereocenters. The molecule has 3 N–H and O–H groups in total. The summed E-state index contributed by atoms with van der Waals surface area (Å²) in [6.07, 6.45) is -3.69. The molecule has 1 saturated heterocycles. The normalized spacial score (nSPS) is 26.3. The molecule has 1 aromatic carbocycles. The highest BCUT2D eigenvalue weighted by Gasteiger charge is 2.51. The van der Waals surface area contributed by atoms with Crippen LogP contribution in [0.25, 0.3) is 0 Å². The van der Waals surface area contributed by atoms with Gasteiger partial charge in [0, 0.05) is 12.3 Å². The number of nitrogens with two attached hydrogens (primary N) is 1. The number of aliphatic hydroxyl groups is 1. The molecule has 0 saturated carbocycles. The van der Waals surface area contributed by atoms with Crippen molar-refractivity contribution in [2.45, 2.75) is 49.8 Å². The molecular formula is C23H29FN3O10PS. The van der Waals surface area contributed by atoms with Crippen molar-refractivity contribution in [3.05, 3.63) is 40.9 Å². The van der Waals surface area contributed by atoms with Crippen LogP contribution < -0.4 is 25.4 Å². The number of benzene rings is 1. The van der Waals surface area contributed by atoms with Crippen molar-refractivity contribution in [1.29, 1.82) is 0 Å². The quantitative estimate of drug-likeness (QED) is 0.303. The zero-order chi connectivity index (χ0) is 28.5. The Balaban J connectivity index is 1.55.